The highest BCUT2D eigenvalue weighted by molar-refractivity contribution is 5.51. The molecule has 1 aromatic carbocycles. The van der Waals surface area contributed by atoms with Gasteiger partial charge >= 0.3 is 0 Å². The molecule has 1 N–H and O–H groups in total. The van der Waals surface area contributed by atoms with Crippen molar-refractivity contribution in [3.8, 4) is 5.75 Å². The van der Waals surface area contributed by atoms with Gasteiger partial charge in [-0.15, -0.1) is 0 Å². The normalized spacial score (nSPS) is 17.4. The van der Waals surface area contributed by atoms with E-state index in [1.54, 1.807) is 7.11 Å². The molecule has 1 saturated heterocycles. The van der Waals surface area contributed by atoms with Gasteiger partial charge in [0.15, 0.2) is 0 Å². The molecule has 0 unspecified atom stereocenters. The molecule has 0 amide bonds. The monoisotopic (exact) mass is 262 g/mol. The summed E-state index contributed by atoms with van der Waals surface area (Å²) in [7, 11) is 1.72. The van der Waals surface area contributed by atoms with Crippen LogP contribution in [0.25, 0.3) is 0 Å². The molecular weight excluding hydrogens is 236 g/mol. The molecule has 106 valence electrons. The number of nitrogens with zero attached hydrogens (tertiary/aromatic N) is 1. The summed E-state index contributed by atoms with van der Waals surface area (Å²) in [5.74, 6) is 0.961. The van der Waals surface area contributed by atoms with Crippen LogP contribution in [-0.2, 0) is 0 Å². The molecule has 1 aliphatic rings. The zero-order chi connectivity index (χ0) is 13.7. The number of ether oxygens (including phenoxy) is 1. The Labute approximate surface area is 116 Å². The van der Waals surface area contributed by atoms with Gasteiger partial charge in [0.2, 0.25) is 0 Å². The van der Waals surface area contributed by atoms with Crippen molar-refractivity contribution in [3.63, 3.8) is 0 Å². The third-order valence-corrected chi connectivity index (χ3v) is 3.89. The van der Waals surface area contributed by atoms with Crippen LogP contribution in [0.15, 0.2) is 18.2 Å². The number of hydrogen-bond donors (Lipinski definition) is 1. The van der Waals surface area contributed by atoms with Gasteiger partial charge < -0.3 is 15.0 Å². The molecule has 1 heterocycles. The molecule has 2 rings (SSSR count). The average Bonchev–Trinajstić information content (AvgIpc) is 2.42. The Morgan fingerprint density at radius 3 is 2.63 bits per heavy atom. The molecule has 1 aromatic rings. The maximum atomic E-state index is 5.30. The number of hydrogen-bond acceptors (Lipinski definition) is 3. The summed E-state index contributed by atoms with van der Waals surface area (Å²) in [6.07, 6.45) is 3.74. The maximum absolute atomic E-state index is 5.30. The standard InChI is InChI=1S/C16H26N2O/c1-4-9-18-10-7-14(8-11-18)17-15-5-6-16(19-3)13(2)12-15/h5-6,12,14,17H,4,7-11H2,1-3H3. The summed E-state index contributed by atoms with van der Waals surface area (Å²) in [4.78, 5) is 2.57. The highest BCUT2D eigenvalue weighted by Gasteiger charge is 2.18. The summed E-state index contributed by atoms with van der Waals surface area (Å²) >= 11 is 0. The summed E-state index contributed by atoms with van der Waals surface area (Å²) in [6.45, 7) is 8.04. The van der Waals surface area contributed by atoms with Crippen LogP contribution in [0.4, 0.5) is 5.69 Å². The van der Waals surface area contributed by atoms with Gasteiger partial charge in [0.1, 0.15) is 5.75 Å². The molecular formula is C16H26N2O. The predicted octanol–water partition coefficient (Wildman–Crippen LogP) is 3.29. The Kier molecular flexibility index (Phi) is 5.08. The first-order chi connectivity index (χ1) is 9.22. The first kappa shape index (κ1) is 14.2. The van der Waals surface area contributed by atoms with Gasteiger partial charge in [0.25, 0.3) is 0 Å². The fourth-order valence-electron chi connectivity index (χ4n) is 2.82. The van der Waals surface area contributed by atoms with Crippen LogP contribution in [0.2, 0.25) is 0 Å². The SMILES string of the molecule is CCCN1CCC(Nc2ccc(OC)c(C)c2)CC1. The van der Waals surface area contributed by atoms with Gasteiger partial charge in [-0.05, 0) is 56.5 Å². The lowest BCUT2D eigenvalue weighted by molar-refractivity contribution is 0.219. The van der Waals surface area contributed by atoms with E-state index in [1.165, 1.54) is 50.1 Å². The number of benzene rings is 1. The van der Waals surface area contributed by atoms with E-state index in [-0.39, 0.29) is 0 Å². The third kappa shape index (κ3) is 3.87. The number of piperidine rings is 1. The molecule has 0 aromatic heterocycles. The lowest BCUT2D eigenvalue weighted by Gasteiger charge is -2.32. The Morgan fingerprint density at radius 2 is 2.05 bits per heavy atom. The molecule has 1 fully saturated rings. The number of nitrogens with one attached hydrogen (secondary N) is 1. The first-order valence-corrected chi connectivity index (χ1v) is 7.36. The van der Waals surface area contributed by atoms with Crippen LogP contribution in [-0.4, -0.2) is 37.7 Å². The summed E-state index contributed by atoms with van der Waals surface area (Å²) < 4.78 is 5.30. The first-order valence-electron chi connectivity index (χ1n) is 7.36. The second-order valence-corrected chi connectivity index (χ2v) is 5.44. The summed E-state index contributed by atoms with van der Waals surface area (Å²) in [6, 6.07) is 6.95. The second-order valence-electron chi connectivity index (χ2n) is 5.44. The van der Waals surface area contributed by atoms with Crippen LogP contribution in [0, 0.1) is 6.92 Å². The van der Waals surface area contributed by atoms with Crippen molar-refractivity contribution >= 4 is 5.69 Å². The van der Waals surface area contributed by atoms with Crippen molar-refractivity contribution in [2.75, 3.05) is 32.1 Å². The molecule has 0 radical (unpaired) electrons. The molecule has 0 aliphatic carbocycles. The molecule has 0 spiro atoms. The van der Waals surface area contributed by atoms with Gasteiger partial charge in [-0.2, -0.15) is 0 Å². The van der Waals surface area contributed by atoms with E-state index in [2.05, 4.69) is 36.2 Å². The smallest absolute Gasteiger partial charge is 0.121 e. The molecule has 3 heteroatoms. The van der Waals surface area contributed by atoms with E-state index in [4.69, 9.17) is 4.74 Å². The maximum Gasteiger partial charge on any atom is 0.121 e. The Hall–Kier alpha value is -1.22. The summed E-state index contributed by atoms with van der Waals surface area (Å²) in [5, 5.41) is 3.65. The molecule has 1 aliphatic heterocycles. The largest absolute Gasteiger partial charge is 0.496 e. The molecule has 19 heavy (non-hydrogen) atoms. The van der Waals surface area contributed by atoms with Gasteiger partial charge in [-0.1, -0.05) is 6.92 Å². The Bertz CT molecular complexity index is 398. The molecule has 0 bridgehead atoms. The van der Waals surface area contributed by atoms with E-state index in [1.807, 2.05) is 6.07 Å². The fraction of sp³-hybridized carbons (Fsp3) is 0.625. The van der Waals surface area contributed by atoms with Crippen molar-refractivity contribution in [1.82, 2.24) is 4.90 Å². The van der Waals surface area contributed by atoms with Crippen LogP contribution in [0.5, 0.6) is 5.75 Å². The number of anilines is 1. The quantitative estimate of drug-likeness (QED) is 0.881. The topological polar surface area (TPSA) is 24.5 Å². The van der Waals surface area contributed by atoms with Crippen LogP contribution in [0.3, 0.4) is 0 Å². The highest BCUT2D eigenvalue weighted by Crippen LogP contribution is 2.23. The van der Waals surface area contributed by atoms with Crippen LogP contribution < -0.4 is 10.1 Å². The van der Waals surface area contributed by atoms with Crippen molar-refractivity contribution < 1.29 is 4.74 Å². The Balaban J connectivity index is 1.87. The highest BCUT2D eigenvalue weighted by atomic mass is 16.5. The second kappa shape index (κ2) is 6.80. The van der Waals surface area contributed by atoms with E-state index in [0.717, 1.165) is 5.75 Å². The van der Waals surface area contributed by atoms with E-state index in [9.17, 15) is 0 Å². The van der Waals surface area contributed by atoms with Gasteiger partial charge in [-0.25, -0.2) is 0 Å². The average molecular weight is 262 g/mol. The number of rotatable bonds is 5. The lowest BCUT2D eigenvalue weighted by atomic mass is 10.0. The summed E-state index contributed by atoms with van der Waals surface area (Å²) in [5.41, 5.74) is 2.41. The lowest BCUT2D eigenvalue weighted by Crippen LogP contribution is -2.39. The minimum atomic E-state index is 0.612. The van der Waals surface area contributed by atoms with Crippen molar-refractivity contribution in [1.29, 1.82) is 0 Å². The van der Waals surface area contributed by atoms with E-state index in [0.29, 0.717) is 6.04 Å². The molecule has 0 saturated carbocycles. The molecule has 3 nitrogen and oxygen atoms in total. The zero-order valence-electron chi connectivity index (χ0n) is 12.4. The number of methoxy groups -OCH3 is 1. The zero-order valence-corrected chi connectivity index (χ0v) is 12.4. The van der Waals surface area contributed by atoms with Crippen LogP contribution >= 0.6 is 0 Å². The minimum Gasteiger partial charge on any atom is -0.496 e. The van der Waals surface area contributed by atoms with E-state index >= 15 is 0 Å². The fourth-order valence-corrected chi connectivity index (χ4v) is 2.82. The molecule has 0 atom stereocenters. The van der Waals surface area contributed by atoms with Gasteiger partial charge in [0, 0.05) is 24.8 Å². The minimum absolute atomic E-state index is 0.612. The van der Waals surface area contributed by atoms with Crippen molar-refractivity contribution in [2.24, 2.45) is 0 Å². The predicted molar refractivity (Wildman–Crippen MR) is 81.1 cm³/mol. The third-order valence-electron chi connectivity index (χ3n) is 3.89. The van der Waals surface area contributed by atoms with Gasteiger partial charge in [0.05, 0.1) is 7.11 Å². The Morgan fingerprint density at radius 1 is 1.32 bits per heavy atom. The number of aryl methyl sites for hydroxylation is 1. The van der Waals surface area contributed by atoms with Crippen LogP contribution in [0.1, 0.15) is 31.7 Å². The number of likely N-dealkylation sites (tertiary alicyclic amines) is 1. The van der Waals surface area contributed by atoms with Crippen molar-refractivity contribution in [2.45, 2.75) is 39.2 Å². The van der Waals surface area contributed by atoms with Gasteiger partial charge in [-0.3, -0.25) is 0 Å². The van der Waals surface area contributed by atoms with Crippen molar-refractivity contribution in [3.05, 3.63) is 23.8 Å². The van der Waals surface area contributed by atoms with E-state index < -0.39 is 0 Å².